The summed E-state index contributed by atoms with van der Waals surface area (Å²) in [6.45, 7) is 11.0. The number of nitrogens with zero attached hydrogens (tertiary/aromatic N) is 1. The van der Waals surface area contributed by atoms with E-state index in [0.717, 1.165) is 30.4 Å². The van der Waals surface area contributed by atoms with Gasteiger partial charge in [0.25, 0.3) is 0 Å². The Balaban J connectivity index is 1.30. The highest BCUT2D eigenvalue weighted by atomic mass is 16.5. The number of carbonyl (C=O) groups is 3. The van der Waals surface area contributed by atoms with Crippen LogP contribution in [0.3, 0.4) is 0 Å². The predicted molar refractivity (Wildman–Crippen MR) is 163 cm³/mol. The minimum atomic E-state index is -1.18. The first-order chi connectivity index (χ1) is 20.1. The first kappa shape index (κ1) is 28.7. The summed E-state index contributed by atoms with van der Waals surface area (Å²) in [4.78, 5) is 44.0. The molecule has 8 atom stereocenters. The van der Waals surface area contributed by atoms with Crippen molar-refractivity contribution in [1.82, 2.24) is 10.2 Å². The Labute approximate surface area is 249 Å². The topological polar surface area (TPSA) is 87.7 Å². The van der Waals surface area contributed by atoms with E-state index in [1.54, 1.807) is 4.90 Å². The van der Waals surface area contributed by atoms with E-state index >= 15 is 0 Å². The Morgan fingerprint density at radius 2 is 1.74 bits per heavy atom. The molecule has 5 unspecified atom stereocenters. The molecule has 3 aliphatic heterocycles. The second-order valence-electron chi connectivity index (χ2n) is 13.3. The number of carbonyl (C=O) groups excluding carboxylic acids is 3. The fourth-order valence-electron chi connectivity index (χ4n) is 7.55. The molecule has 42 heavy (non-hydrogen) atoms. The Kier molecular flexibility index (Phi) is 7.50. The van der Waals surface area contributed by atoms with Crippen molar-refractivity contribution in [2.75, 3.05) is 5.32 Å². The van der Waals surface area contributed by atoms with Crippen molar-refractivity contribution in [3.05, 3.63) is 77.4 Å². The van der Waals surface area contributed by atoms with Crippen molar-refractivity contribution in [1.29, 1.82) is 0 Å². The summed E-state index contributed by atoms with van der Waals surface area (Å²) in [7, 11) is 0. The average Bonchev–Trinajstić information content (AvgIpc) is 3.60. The second kappa shape index (κ2) is 11.0. The molecule has 222 valence electrons. The molecule has 2 N–H and O–H groups in total. The molecule has 1 aliphatic carbocycles. The Morgan fingerprint density at radius 1 is 1.02 bits per heavy atom. The van der Waals surface area contributed by atoms with Crippen LogP contribution in [-0.2, 0) is 25.7 Å². The Morgan fingerprint density at radius 3 is 2.43 bits per heavy atom. The summed E-state index contributed by atoms with van der Waals surface area (Å²) in [5.41, 5.74) is 2.75. The summed E-state index contributed by atoms with van der Waals surface area (Å²) < 4.78 is 6.54. The molecule has 3 fully saturated rings. The third-order valence-electron chi connectivity index (χ3n) is 10.3. The van der Waals surface area contributed by atoms with Crippen LogP contribution >= 0.6 is 0 Å². The van der Waals surface area contributed by atoms with Crippen molar-refractivity contribution < 1.29 is 19.1 Å². The first-order valence-electron chi connectivity index (χ1n) is 15.5. The minimum Gasteiger partial charge on any atom is -0.359 e. The number of anilines is 1. The summed E-state index contributed by atoms with van der Waals surface area (Å²) >= 11 is 0. The number of nitrogens with one attached hydrogen (secondary N) is 2. The molecule has 1 saturated carbocycles. The maximum atomic E-state index is 14.3. The number of hydrogen-bond donors (Lipinski definition) is 2. The molecule has 4 aliphatic rings. The van der Waals surface area contributed by atoms with Gasteiger partial charge in [-0.2, -0.15) is 0 Å². The van der Waals surface area contributed by atoms with Crippen molar-refractivity contribution in [3.63, 3.8) is 0 Å². The lowest BCUT2D eigenvalue weighted by atomic mass is 9.73. The normalized spacial score (nSPS) is 33.2. The van der Waals surface area contributed by atoms with Gasteiger partial charge in [-0.15, -0.1) is 0 Å². The van der Waals surface area contributed by atoms with Crippen LogP contribution in [-0.4, -0.2) is 46.4 Å². The van der Waals surface area contributed by atoms with Gasteiger partial charge in [-0.05, 0) is 54.4 Å². The van der Waals surface area contributed by atoms with E-state index in [-0.39, 0.29) is 30.3 Å². The van der Waals surface area contributed by atoms with Gasteiger partial charge >= 0.3 is 0 Å². The smallest absolute Gasteiger partial charge is 0.246 e. The van der Waals surface area contributed by atoms with Gasteiger partial charge in [-0.1, -0.05) is 94.7 Å². The maximum absolute atomic E-state index is 14.3. The molecule has 2 saturated heterocycles. The van der Waals surface area contributed by atoms with Crippen LogP contribution in [0.4, 0.5) is 5.69 Å². The second-order valence-corrected chi connectivity index (χ2v) is 13.3. The molecular formula is C35H43N3O4. The van der Waals surface area contributed by atoms with E-state index in [1.807, 2.05) is 67.6 Å². The zero-order valence-electron chi connectivity index (χ0n) is 25.3. The molecule has 3 amide bonds. The van der Waals surface area contributed by atoms with Crippen LogP contribution in [0, 0.1) is 30.6 Å². The summed E-state index contributed by atoms with van der Waals surface area (Å²) in [5.74, 6) is -0.904. The van der Waals surface area contributed by atoms with Gasteiger partial charge in [-0.25, -0.2) is 0 Å². The van der Waals surface area contributed by atoms with Crippen molar-refractivity contribution in [2.45, 2.75) is 90.1 Å². The van der Waals surface area contributed by atoms with E-state index < -0.39 is 29.6 Å². The number of hydrogen-bond acceptors (Lipinski definition) is 4. The van der Waals surface area contributed by atoms with Crippen LogP contribution in [0.25, 0.3) is 0 Å². The van der Waals surface area contributed by atoms with Crippen LogP contribution in [0.1, 0.15) is 69.6 Å². The van der Waals surface area contributed by atoms with Gasteiger partial charge in [-0.3, -0.25) is 14.4 Å². The zero-order chi connectivity index (χ0) is 29.8. The van der Waals surface area contributed by atoms with E-state index in [0.29, 0.717) is 23.4 Å². The van der Waals surface area contributed by atoms with Crippen LogP contribution in [0.2, 0.25) is 0 Å². The minimum absolute atomic E-state index is 0.0449. The Hall–Kier alpha value is -3.45. The van der Waals surface area contributed by atoms with Gasteiger partial charge in [0.05, 0.1) is 17.9 Å². The van der Waals surface area contributed by atoms with E-state index in [4.69, 9.17) is 4.74 Å². The highest BCUT2D eigenvalue weighted by Crippen LogP contribution is 2.55. The molecule has 2 aromatic carbocycles. The standard InChI is InChI=1S/C35H43N3O4/c1-20(2)25-13-15-26(16-14-25)36-32(39)29-28-17-18-35(42-28)30(29)34(41)38(19-24-11-9-21(3)10-12-24)31(35)33(40)37-27-8-6-7-22(4)23(27)5/h9-18,20,22-23,27-31H,6-8,19H2,1-5H3,(H,36,39)(H,37,40)/t22?,23?,27?,28-,29?,30-,31?,35+/m1/s1. The van der Waals surface area contributed by atoms with E-state index in [2.05, 4.69) is 38.3 Å². The highest BCUT2D eigenvalue weighted by Gasteiger charge is 2.72. The number of benzene rings is 2. The molecule has 0 radical (unpaired) electrons. The molecule has 2 aromatic rings. The summed E-state index contributed by atoms with van der Waals surface area (Å²) in [5, 5.41) is 6.36. The van der Waals surface area contributed by atoms with E-state index in [1.165, 1.54) is 5.56 Å². The number of likely N-dealkylation sites (tertiary alicyclic amines) is 1. The summed E-state index contributed by atoms with van der Waals surface area (Å²) in [6, 6.07) is 15.0. The van der Waals surface area contributed by atoms with Crippen molar-refractivity contribution in [2.24, 2.45) is 23.7 Å². The molecule has 7 nitrogen and oxygen atoms in total. The number of aryl methyl sites for hydroxylation is 1. The van der Waals surface area contributed by atoms with Gasteiger partial charge in [0.2, 0.25) is 17.7 Å². The number of amides is 3. The number of ether oxygens (including phenoxy) is 1. The lowest BCUT2D eigenvalue weighted by Crippen LogP contribution is -2.57. The third-order valence-corrected chi connectivity index (χ3v) is 10.3. The van der Waals surface area contributed by atoms with Crippen molar-refractivity contribution >= 4 is 23.4 Å². The molecule has 2 bridgehead atoms. The molecule has 1 spiro atoms. The molecule has 3 heterocycles. The summed E-state index contributed by atoms with van der Waals surface area (Å²) in [6.07, 6.45) is 6.35. The zero-order valence-corrected chi connectivity index (χ0v) is 25.3. The van der Waals surface area contributed by atoms with E-state index in [9.17, 15) is 14.4 Å². The number of rotatable bonds is 7. The monoisotopic (exact) mass is 569 g/mol. The van der Waals surface area contributed by atoms with Crippen LogP contribution < -0.4 is 10.6 Å². The molecule has 7 heteroatoms. The molecule has 6 rings (SSSR count). The average molecular weight is 570 g/mol. The van der Waals surface area contributed by atoms with Gasteiger partial charge in [0.15, 0.2) is 0 Å². The predicted octanol–water partition coefficient (Wildman–Crippen LogP) is 5.35. The lowest BCUT2D eigenvalue weighted by Gasteiger charge is -2.38. The van der Waals surface area contributed by atoms with Crippen LogP contribution in [0.15, 0.2) is 60.7 Å². The van der Waals surface area contributed by atoms with Crippen LogP contribution in [0.5, 0.6) is 0 Å². The fraction of sp³-hybridized carbons (Fsp3) is 0.514. The SMILES string of the molecule is Cc1ccc(CN2C(=O)[C@H]3C(C(=O)Nc4ccc(C(C)C)cc4)[C@H]4C=C[C@@]3(O4)C2C(=O)NC2CCCC(C)C2C)cc1. The lowest BCUT2D eigenvalue weighted by molar-refractivity contribution is -0.142. The first-order valence-corrected chi connectivity index (χ1v) is 15.5. The number of fused-ring (bicyclic) bond motifs is 1. The van der Waals surface area contributed by atoms with Gasteiger partial charge in [0, 0.05) is 18.3 Å². The quantitative estimate of drug-likeness (QED) is 0.440. The molecular weight excluding hydrogens is 526 g/mol. The molecule has 0 aromatic heterocycles. The maximum Gasteiger partial charge on any atom is 0.246 e. The van der Waals surface area contributed by atoms with Gasteiger partial charge in [0.1, 0.15) is 11.6 Å². The highest BCUT2D eigenvalue weighted by molar-refractivity contribution is 6.02. The van der Waals surface area contributed by atoms with Gasteiger partial charge < -0.3 is 20.3 Å². The fourth-order valence-corrected chi connectivity index (χ4v) is 7.55. The Bertz CT molecular complexity index is 1380. The largest absolute Gasteiger partial charge is 0.359 e. The third kappa shape index (κ3) is 4.85. The van der Waals surface area contributed by atoms with Crippen molar-refractivity contribution in [3.8, 4) is 0 Å².